The summed E-state index contributed by atoms with van der Waals surface area (Å²) < 4.78 is 0. The Kier molecular flexibility index (Phi) is 4.83. The summed E-state index contributed by atoms with van der Waals surface area (Å²) in [5.41, 5.74) is 0.0411. The SMILES string of the molecule is CC(C)(O)CCC1CCC2C3CCC4C[C@@](C)(O)CCC4(C)C3CCC12C. The van der Waals surface area contributed by atoms with Gasteiger partial charge in [-0.3, -0.25) is 0 Å². The van der Waals surface area contributed by atoms with Gasteiger partial charge in [0.2, 0.25) is 0 Å². The molecular weight excluding hydrogens is 332 g/mol. The van der Waals surface area contributed by atoms with Crippen molar-refractivity contribution in [2.45, 2.75) is 116 Å². The van der Waals surface area contributed by atoms with Crippen molar-refractivity contribution in [2.75, 3.05) is 0 Å². The second kappa shape index (κ2) is 6.46. The first-order valence-corrected chi connectivity index (χ1v) is 11.9. The van der Waals surface area contributed by atoms with Crippen LogP contribution in [-0.2, 0) is 0 Å². The molecule has 2 heteroatoms. The summed E-state index contributed by atoms with van der Waals surface area (Å²) in [6, 6.07) is 0. The van der Waals surface area contributed by atoms with Gasteiger partial charge in [-0.25, -0.2) is 0 Å². The highest BCUT2D eigenvalue weighted by Crippen LogP contribution is 2.68. The van der Waals surface area contributed by atoms with Crippen LogP contribution in [0.3, 0.4) is 0 Å². The van der Waals surface area contributed by atoms with Crippen LogP contribution in [0.5, 0.6) is 0 Å². The first kappa shape index (κ1) is 20.2. The van der Waals surface area contributed by atoms with Crippen LogP contribution < -0.4 is 0 Å². The van der Waals surface area contributed by atoms with E-state index in [1.165, 1.54) is 51.4 Å². The molecule has 0 aromatic carbocycles. The minimum Gasteiger partial charge on any atom is -0.390 e. The zero-order valence-corrected chi connectivity index (χ0v) is 18.6. The van der Waals surface area contributed by atoms with Crippen LogP contribution in [0.4, 0.5) is 0 Å². The largest absolute Gasteiger partial charge is 0.390 e. The highest BCUT2D eigenvalue weighted by Gasteiger charge is 2.60. The van der Waals surface area contributed by atoms with E-state index in [4.69, 9.17) is 0 Å². The molecule has 0 aliphatic heterocycles. The van der Waals surface area contributed by atoms with E-state index < -0.39 is 11.2 Å². The summed E-state index contributed by atoms with van der Waals surface area (Å²) in [6.45, 7) is 11.2. The standard InChI is InChI=1S/C25H44O2/c1-22(2,26)12-10-17-7-9-20-19-8-6-18-16-23(3,27)14-15-25(18,5)21(19)11-13-24(17,20)4/h17-21,26-27H,6-16H2,1-5H3/t17?,18?,19?,20?,21?,23-,24?,25?/m0/s1. The molecule has 27 heavy (non-hydrogen) atoms. The topological polar surface area (TPSA) is 40.5 Å². The van der Waals surface area contributed by atoms with E-state index in [9.17, 15) is 10.2 Å². The van der Waals surface area contributed by atoms with E-state index in [1.807, 2.05) is 13.8 Å². The van der Waals surface area contributed by atoms with Gasteiger partial charge in [0.15, 0.2) is 0 Å². The van der Waals surface area contributed by atoms with Gasteiger partial charge in [-0.15, -0.1) is 0 Å². The van der Waals surface area contributed by atoms with Gasteiger partial charge in [-0.2, -0.15) is 0 Å². The van der Waals surface area contributed by atoms with Crippen molar-refractivity contribution >= 4 is 0 Å². The Morgan fingerprint density at radius 2 is 1.56 bits per heavy atom. The first-order chi connectivity index (χ1) is 12.4. The Hall–Kier alpha value is -0.0800. The predicted molar refractivity (Wildman–Crippen MR) is 111 cm³/mol. The highest BCUT2D eigenvalue weighted by atomic mass is 16.3. The number of rotatable bonds is 3. The third-order valence-corrected chi connectivity index (χ3v) is 10.3. The maximum absolute atomic E-state index is 10.7. The summed E-state index contributed by atoms with van der Waals surface area (Å²) >= 11 is 0. The van der Waals surface area contributed by atoms with Crippen molar-refractivity contribution in [3.05, 3.63) is 0 Å². The van der Waals surface area contributed by atoms with Crippen LogP contribution in [0.25, 0.3) is 0 Å². The molecule has 2 N–H and O–H groups in total. The molecule has 0 heterocycles. The van der Waals surface area contributed by atoms with Crippen molar-refractivity contribution in [3.63, 3.8) is 0 Å². The quantitative estimate of drug-likeness (QED) is 0.639. The molecule has 0 aromatic rings. The average Bonchev–Trinajstić information content (AvgIpc) is 2.89. The molecule has 4 fully saturated rings. The van der Waals surface area contributed by atoms with Gasteiger partial charge in [-0.05, 0) is 132 Å². The molecule has 0 aromatic heterocycles. The summed E-state index contributed by atoms with van der Waals surface area (Å²) in [6.07, 6.45) is 13.8. The van der Waals surface area contributed by atoms with Gasteiger partial charge in [-0.1, -0.05) is 13.8 Å². The van der Waals surface area contributed by atoms with Crippen molar-refractivity contribution < 1.29 is 10.2 Å². The summed E-state index contributed by atoms with van der Waals surface area (Å²) in [5, 5.41) is 20.9. The Morgan fingerprint density at radius 3 is 2.26 bits per heavy atom. The molecular formula is C25H44O2. The van der Waals surface area contributed by atoms with Crippen molar-refractivity contribution in [1.29, 1.82) is 0 Å². The fraction of sp³-hybridized carbons (Fsp3) is 1.00. The fourth-order valence-corrected chi connectivity index (χ4v) is 8.54. The summed E-state index contributed by atoms with van der Waals surface area (Å²) in [5.74, 6) is 4.26. The molecule has 4 saturated carbocycles. The molecule has 4 aliphatic rings. The van der Waals surface area contributed by atoms with Gasteiger partial charge in [0.05, 0.1) is 11.2 Å². The Balaban J connectivity index is 1.51. The fourth-order valence-electron chi connectivity index (χ4n) is 8.54. The minimum atomic E-state index is -0.518. The number of aliphatic hydroxyl groups is 2. The molecule has 0 saturated heterocycles. The Labute approximate surface area is 167 Å². The molecule has 0 spiro atoms. The molecule has 0 bridgehead atoms. The zero-order valence-electron chi connectivity index (χ0n) is 18.6. The average molecular weight is 377 g/mol. The first-order valence-electron chi connectivity index (χ1n) is 11.9. The Morgan fingerprint density at radius 1 is 0.852 bits per heavy atom. The minimum absolute atomic E-state index is 0.421. The van der Waals surface area contributed by atoms with E-state index >= 15 is 0 Å². The molecule has 4 rings (SSSR count). The smallest absolute Gasteiger partial charge is 0.0622 e. The molecule has 2 nitrogen and oxygen atoms in total. The molecule has 4 aliphatic carbocycles. The maximum Gasteiger partial charge on any atom is 0.0622 e. The van der Waals surface area contributed by atoms with Crippen molar-refractivity contribution in [3.8, 4) is 0 Å². The van der Waals surface area contributed by atoms with Gasteiger partial charge in [0.1, 0.15) is 0 Å². The Bertz CT molecular complexity index is 561. The van der Waals surface area contributed by atoms with Crippen LogP contribution in [0.2, 0.25) is 0 Å². The molecule has 156 valence electrons. The van der Waals surface area contributed by atoms with E-state index in [2.05, 4.69) is 20.8 Å². The lowest BCUT2D eigenvalue weighted by Crippen LogP contribution is -2.55. The number of fused-ring (bicyclic) bond motifs is 5. The summed E-state index contributed by atoms with van der Waals surface area (Å²) in [4.78, 5) is 0. The van der Waals surface area contributed by atoms with Crippen LogP contribution >= 0.6 is 0 Å². The van der Waals surface area contributed by atoms with Crippen molar-refractivity contribution in [2.24, 2.45) is 40.4 Å². The summed E-state index contributed by atoms with van der Waals surface area (Å²) in [7, 11) is 0. The third kappa shape index (κ3) is 3.41. The normalized spacial score (nSPS) is 52.8. The lowest BCUT2D eigenvalue weighted by atomic mass is 9.44. The van der Waals surface area contributed by atoms with Gasteiger partial charge >= 0.3 is 0 Å². The van der Waals surface area contributed by atoms with Gasteiger partial charge in [0, 0.05) is 0 Å². The third-order valence-electron chi connectivity index (χ3n) is 10.3. The highest BCUT2D eigenvalue weighted by molar-refractivity contribution is 5.10. The monoisotopic (exact) mass is 376 g/mol. The van der Waals surface area contributed by atoms with Crippen LogP contribution in [0.15, 0.2) is 0 Å². The van der Waals surface area contributed by atoms with Gasteiger partial charge in [0.25, 0.3) is 0 Å². The lowest BCUT2D eigenvalue weighted by molar-refractivity contribution is -0.146. The second-order valence-electron chi connectivity index (χ2n) is 12.5. The maximum atomic E-state index is 10.7. The second-order valence-corrected chi connectivity index (χ2v) is 12.5. The van der Waals surface area contributed by atoms with Crippen molar-refractivity contribution in [1.82, 2.24) is 0 Å². The van der Waals surface area contributed by atoms with Gasteiger partial charge < -0.3 is 10.2 Å². The van der Waals surface area contributed by atoms with E-state index in [-0.39, 0.29) is 0 Å². The number of hydrogen-bond acceptors (Lipinski definition) is 2. The molecule has 8 atom stereocenters. The lowest BCUT2D eigenvalue weighted by Gasteiger charge is -2.62. The predicted octanol–water partition coefficient (Wildman–Crippen LogP) is 5.95. The molecule has 7 unspecified atom stereocenters. The number of hydrogen-bond donors (Lipinski definition) is 2. The van der Waals surface area contributed by atoms with E-state index in [1.54, 1.807) is 0 Å². The van der Waals surface area contributed by atoms with Crippen LogP contribution in [0, 0.1) is 40.4 Å². The van der Waals surface area contributed by atoms with E-state index in [0.717, 1.165) is 48.9 Å². The molecule has 0 radical (unpaired) electrons. The van der Waals surface area contributed by atoms with E-state index in [0.29, 0.717) is 10.8 Å². The molecule has 0 amide bonds. The van der Waals surface area contributed by atoms with Crippen LogP contribution in [-0.4, -0.2) is 21.4 Å². The zero-order chi connectivity index (χ0) is 19.7. The van der Waals surface area contributed by atoms with Crippen LogP contribution in [0.1, 0.15) is 105 Å².